The second kappa shape index (κ2) is 9.40. The highest BCUT2D eigenvalue weighted by atomic mass is 16.2. The minimum absolute atomic E-state index is 0.0919. The fraction of sp³-hybridized carbons (Fsp3) is 0.391. The zero-order valence-corrected chi connectivity index (χ0v) is 16.7. The standard InChI is InChI=1S/C23H29N3O2/c1-3-17(2)24-23(28)20-16-19(25-22(27)18-10-6-4-7-11-18)12-13-21(20)26-14-8-5-9-15-26/h4,6-7,10-13,16-17H,3,5,8-9,14-15H2,1-2H3,(H,24,28)(H,25,27). The second-order valence-corrected chi connectivity index (χ2v) is 7.38. The summed E-state index contributed by atoms with van der Waals surface area (Å²) in [5, 5.41) is 5.97. The van der Waals surface area contributed by atoms with Crippen LogP contribution in [0.5, 0.6) is 0 Å². The van der Waals surface area contributed by atoms with Crippen molar-refractivity contribution in [2.24, 2.45) is 0 Å². The molecule has 2 aromatic rings. The molecule has 1 heterocycles. The largest absolute Gasteiger partial charge is 0.371 e. The highest BCUT2D eigenvalue weighted by Gasteiger charge is 2.20. The van der Waals surface area contributed by atoms with Gasteiger partial charge in [-0.2, -0.15) is 0 Å². The van der Waals surface area contributed by atoms with Crippen molar-refractivity contribution in [3.8, 4) is 0 Å². The van der Waals surface area contributed by atoms with Gasteiger partial charge in [0.05, 0.1) is 5.56 Å². The van der Waals surface area contributed by atoms with Gasteiger partial charge >= 0.3 is 0 Å². The normalized spacial score (nSPS) is 15.0. The van der Waals surface area contributed by atoms with E-state index in [0.29, 0.717) is 16.8 Å². The Bertz CT molecular complexity index is 814. The van der Waals surface area contributed by atoms with Crippen LogP contribution >= 0.6 is 0 Å². The summed E-state index contributed by atoms with van der Waals surface area (Å²) in [5.74, 6) is -0.273. The molecule has 0 saturated carbocycles. The summed E-state index contributed by atoms with van der Waals surface area (Å²) in [7, 11) is 0. The molecule has 0 aliphatic carbocycles. The van der Waals surface area contributed by atoms with Gasteiger partial charge in [-0.3, -0.25) is 9.59 Å². The van der Waals surface area contributed by atoms with E-state index in [-0.39, 0.29) is 17.9 Å². The summed E-state index contributed by atoms with van der Waals surface area (Å²) in [6.45, 7) is 5.96. The maximum atomic E-state index is 12.9. The SMILES string of the molecule is CCC(C)NC(=O)c1cc(NC(=O)c2ccccc2)ccc1N1CCCCC1. The molecular weight excluding hydrogens is 350 g/mol. The van der Waals surface area contributed by atoms with Gasteiger partial charge in [-0.1, -0.05) is 25.1 Å². The highest BCUT2D eigenvalue weighted by Crippen LogP contribution is 2.27. The molecule has 1 aliphatic heterocycles. The van der Waals surface area contributed by atoms with E-state index in [1.54, 1.807) is 18.2 Å². The minimum Gasteiger partial charge on any atom is -0.371 e. The monoisotopic (exact) mass is 379 g/mol. The van der Waals surface area contributed by atoms with Crippen LogP contribution < -0.4 is 15.5 Å². The van der Waals surface area contributed by atoms with Gasteiger partial charge < -0.3 is 15.5 Å². The number of hydrogen-bond acceptors (Lipinski definition) is 3. The molecule has 5 heteroatoms. The quantitative estimate of drug-likeness (QED) is 0.779. The number of nitrogens with one attached hydrogen (secondary N) is 2. The van der Waals surface area contributed by atoms with E-state index >= 15 is 0 Å². The number of carbonyl (C=O) groups is 2. The van der Waals surface area contributed by atoms with Gasteiger partial charge in [0.1, 0.15) is 0 Å². The Morgan fingerprint density at radius 1 is 1.00 bits per heavy atom. The lowest BCUT2D eigenvalue weighted by molar-refractivity contribution is 0.0938. The molecule has 1 atom stereocenters. The van der Waals surface area contributed by atoms with Crippen LogP contribution in [0.4, 0.5) is 11.4 Å². The molecule has 0 radical (unpaired) electrons. The Kier molecular flexibility index (Phi) is 6.69. The number of piperidine rings is 1. The Balaban J connectivity index is 1.87. The van der Waals surface area contributed by atoms with E-state index in [2.05, 4.69) is 15.5 Å². The van der Waals surface area contributed by atoms with Gasteiger partial charge in [0.25, 0.3) is 11.8 Å². The lowest BCUT2D eigenvalue weighted by atomic mass is 10.0. The first-order valence-electron chi connectivity index (χ1n) is 10.1. The number of rotatable bonds is 6. The molecule has 28 heavy (non-hydrogen) atoms. The van der Waals surface area contributed by atoms with Gasteiger partial charge in [0.2, 0.25) is 0 Å². The van der Waals surface area contributed by atoms with E-state index in [0.717, 1.165) is 38.0 Å². The van der Waals surface area contributed by atoms with Crippen LogP contribution in [0.1, 0.15) is 60.2 Å². The number of amides is 2. The van der Waals surface area contributed by atoms with E-state index in [9.17, 15) is 9.59 Å². The first kappa shape index (κ1) is 19.9. The molecule has 0 bridgehead atoms. The van der Waals surface area contributed by atoms with E-state index in [1.165, 1.54) is 6.42 Å². The highest BCUT2D eigenvalue weighted by molar-refractivity contribution is 6.06. The Hall–Kier alpha value is -2.82. The maximum absolute atomic E-state index is 12.9. The third-order valence-electron chi connectivity index (χ3n) is 5.22. The molecule has 1 fully saturated rings. The third-order valence-corrected chi connectivity index (χ3v) is 5.22. The zero-order valence-electron chi connectivity index (χ0n) is 16.7. The van der Waals surface area contributed by atoms with Gasteiger partial charge in [-0.15, -0.1) is 0 Å². The van der Waals surface area contributed by atoms with Crippen molar-refractivity contribution in [2.45, 2.75) is 45.6 Å². The zero-order chi connectivity index (χ0) is 19.9. The molecule has 0 aromatic heterocycles. The first-order chi connectivity index (χ1) is 13.6. The summed E-state index contributed by atoms with van der Waals surface area (Å²) >= 11 is 0. The van der Waals surface area contributed by atoms with Gasteiger partial charge in [-0.25, -0.2) is 0 Å². The molecule has 5 nitrogen and oxygen atoms in total. The van der Waals surface area contributed by atoms with Crippen molar-refractivity contribution in [3.63, 3.8) is 0 Å². The van der Waals surface area contributed by atoms with E-state index in [4.69, 9.17) is 0 Å². The second-order valence-electron chi connectivity index (χ2n) is 7.38. The average molecular weight is 380 g/mol. The molecule has 3 rings (SSSR count). The van der Waals surface area contributed by atoms with E-state index < -0.39 is 0 Å². The molecule has 2 amide bonds. The van der Waals surface area contributed by atoms with Crippen molar-refractivity contribution in [1.82, 2.24) is 5.32 Å². The molecule has 1 unspecified atom stereocenters. The van der Waals surface area contributed by atoms with Gasteiger partial charge in [0.15, 0.2) is 0 Å². The van der Waals surface area contributed by atoms with Crippen molar-refractivity contribution < 1.29 is 9.59 Å². The van der Waals surface area contributed by atoms with Crippen LogP contribution in [-0.2, 0) is 0 Å². The molecule has 2 aromatic carbocycles. The molecular formula is C23H29N3O2. The summed E-state index contributed by atoms with van der Waals surface area (Å²) < 4.78 is 0. The summed E-state index contributed by atoms with van der Waals surface area (Å²) in [6.07, 6.45) is 4.38. The fourth-order valence-electron chi connectivity index (χ4n) is 3.40. The maximum Gasteiger partial charge on any atom is 0.255 e. The Morgan fingerprint density at radius 3 is 2.39 bits per heavy atom. The lowest BCUT2D eigenvalue weighted by Crippen LogP contribution is -2.35. The smallest absolute Gasteiger partial charge is 0.255 e. The number of benzene rings is 2. The number of carbonyl (C=O) groups excluding carboxylic acids is 2. The van der Waals surface area contributed by atoms with Crippen LogP contribution in [0.25, 0.3) is 0 Å². The molecule has 1 saturated heterocycles. The van der Waals surface area contributed by atoms with Gasteiger partial charge in [0, 0.05) is 36.1 Å². The van der Waals surface area contributed by atoms with Crippen molar-refractivity contribution in [3.05, 3.63) is 59.7 Å². The predicted molar refractivity (Wildman–Crippen MR) is 114 cm³/mol. The molecule has 1 aliphatic rings. The van der Waals surface area contributed by atoms with Crippen LogP contribution in [-0.4, -0.2) is 30.9 Å². The van der Waals surface area contributed by atoms with Crippen LogP contribution in [0.15, 0.2) is 48.5 Å². The summed E-state index contributed by atoms with van der Waals surface area (Å²) in [6, 6.07) is 14.8. The van der Waals surface area contributed by atoms with Crippen molar-refractivity contribution in [1.29, 1.82) is 0 Å². The fourth-order valence-corrected chi connectivity index (χ4v) is 3.40. The van der Waals surface area contributed by atoms with E-state index in [1.807, 2.05) is 44.2 Å². The molecule has 0 spiro atoms. The number of hydrogen-bond donors (Lipinski definition) is 2. The topological polar surface area (TPSA) is 61.4 Å². The number of nitrogens with zero attached hydrogens (tertiary/aromatic N) is 1. The summed E-state index contributed by atoms with van der Waals surface area (Å²) in [5.41, 5.74) is 2.78. The average Bonchev–Trinajstić information content (AvgIpc) is 2.74. The Morgan fingerprint density at radius 2 is 1.71 bits per heavy atom. The van der Waals surface area contributed by atoms with Crippen molar-refractivity contribution >= 4 is 23.2 Å². The van der Waals surface area contributed by atoms with Crippen LogP contribution in [0.2, 0.25) is 0 Å². The van der Waals surface area contributed by atoms with Crippen LogP contribution in [0, 0.1) is 0 Å². The van der Waals surface area contributed by atoms with Crippen molar-refractivity contribution in [2.75, 3.05) is 23.3 Å². The summed E-state index contributed by atoms with van der Waals surface area (Å²) in [4.78, 5) is 27.7. The Labute approximate surface area is 167 Å². The van der Waals surface area contributed by atoms with Crippen LogP contribution in [0.3, 0.4) is 0 Å². The minimum atomic E-state index is -0.181. The van der Waals surface area contributed by atoms with Gasteiger partial charge in [-0.05, 0) is 62.9 Å². The molecule has 148 valence electrons. The number of anilines is 2. The predicted octanol–water partition coefficient (Wildman–Crippen LogP) is 4.46. The lowest BCUT2D eigenvalue weighted by Gasteiger charge is -2.31. The first-order valence-corrected chi connectivity index (χ1v) is 10.1. The molecule has 2 N–H and O–H groups in total. The third kappa shape index (κ3) is 4.91.